The molecule has 1 atom stereocenters. The van der Waals surface area contributed by atoms with Crippen LogP contribution < -0.4 is 14.2 Å². The van der Waals surface area contributed by atoms with Gasteiger partial charge in [0.1, 0.15) is 11.9 Å². The van der Waals surface area contributed by atoms with Gasteiger partial charge >= 0.3 is 0 Å². The molecule has 1 aliphatic rings. The fourth-order valence-corrected chi connectivity index (χ4v) is 3.14. The third-order valence-corrected chi connectivity index (χ3v) is 4.14. The zero-order valence-corrected chi connectivity index (χ0v) is 14.6. The third-order valence-electron chi connectivity index (χ3n) is 4.14. The Balaban J connectivity index is 1.79. The highest BCUT2D eigenvalue weighted by Gasteiger charge is 2.20. The number of methoxy groups -OCH3 is 1. The summed E-state index contributed by atoms with van der Waals surface area (Å²) in [5.74, 6) is 2.58. The Morgan fingerprint density at radius 3 is 2.79 bits per heavy atom. The van der Waals surface area contributed by atoms with Crippen LogP contribution in [0.3, 0.4) is 0 Å². The molecule has 0 amide bonds. The van der Waals surface area contributed by atoms with Crippen LogP contribution in [0.25, 0.3) is 0 Å². The molecular weight excluding hydrogens is 302 g/mol. The first kappa shape index (κ1) is 16.7. The Morgan fingerprint density at radius 1 is 1.17 bits per heavy atom. The van der Waals surface area contributed by atoms with E-state index in [-0.39, 0.29) is 6.10 Å². The van der Waals surface area contributed by atoms with Gasteiger partial charge in [0.15, 0.2) is 11.5 Å². The van der Waals surface area contributed by atoms with Gasteiger partial charge in [0.2, 0.25) is 0 Å². The van der Waals surface area contributed by atoms with Crippen LogP contribution in [0.4, 0.5) is 0 Å². The summed E-state index contributed by atoms with van der Waals surface area (Å²) in [6.07, 6.45) is 0.165. The van der Waals surface area contributed by atoms with Crippen molar-refractivity contribution < 1.29 is 14.2 Å². The fourth-order valence-electron chi connectivity index (χ4n) is 3.14. The molecule has 0 saturated carbocycles. The van der Waals surface area contributed by atoms with Crippen molar-refractivity contribution in [3.8, 4) is 17.2 Å². The van der Waals surface area contributed by atoms with Crippen molar-refractivity contribution >= 4 is 0 Å². The first-order valence-corrected chi connectivity index (χ1v) is 8.46. The average Bonchev–Trinajstić information content (AvgIpc) is 2.72. The van der Waals surface area contributed by atoms with Crippen molar-refractivity contribution in [3.63, 3.8) is 0 Å². The number of rotatable bonds is 5. The van der Waals surface area contributed by atoms with E-state index in [1.165, 1.54) is 11.1 Å². The second-order valence-electron chi connectivity index (χ2n) is 6.12. The van der Waals surface area contributed by atoms with Crippen LogP contribution in [0.1, 0.15) is 25.0 Å². The Labute approximate surface area is 144 Å². The third kappa shape index (κ3) is 3.82. The van der Waals surface area contributed by atoms with Gasteiger partial charge in [0.25, 0.3) is 0 Å². The number of para-hydroxylation sites is 1. The molecule has 1 aliphatic heterocycles. The Kier molecular flexibility index (Phi) is 5.26. The minimum Gasteiger partial charge on any atom is -0.493 e. The van der Waals surface area contributed by atoms with E-state index in [9.17, 15) is 0 Å². The number of nitrogens with zero attached hydrogens (tertiary/aromatic N) is 1. The molecule has 0 radical (unpaired) electrons. The summed E-state index contributed by atoms with van der Waals surface area (Å²) in [5.41, 5.74) is 2.45. The molecule has 0 bridgehead atoms. The molecule has 0 aromatic heterocycles. The van der Waals surface area contributed by atoms with Gasteiger partial charge in [-0.1, -0.05) is 24.3 Å². The molecule has 2 aromatic rings. The SMILES string of the molecule is CCOc1cc(CN2Cc3ccccc3O[C@H](C)C2)ccc1OC. The van der Waals surface area contributed by atoms with Crippen LogP contribution in [0.15, 0.2) is 42.5 Å². The smallest absolute Gasteiger partial charge is 0.161 e. The molecule has 24 heavy (non-hydrogen) atoms. The molecule has 0 N–H and O–H groups in total. The summed E-state index contributed by atoms with van der Waals surface area (Å²) < 4.78 is 17.1. The van der Waals surface area contributed by atoms with Gasteiger partial charge in [0, 0.05) is 25.2 Å². The number of ether oxygens (including phenoxy) is 3. The van der Waals surface area contributed by atoms with E-state index in [0.29, 0.717) is 6.61 Å². The van der Waals surface area contributed by atoms with Crippen molar-refractivity contribution in [2.24, 2.45) is 0 Å². The Morgan fingerprint density at radius 2 is 2.00 bits per heavy atom. The van der Waals surface area contributed by atoms with E-state index in [0.717, 1.165) is 36.9 Å². The summed E-state index contributed by atoms with van der Waals surface area (Å²) in [4.78, 5) is 2.41. The van der Waals surface area contributed by atoms with Crippen LogP contribution >= 0.6 is 0 Å². The topological polar surface area (TPSA) is 30.9 Å². The predicted molar refractivity (Wildman–Crippen MR) is 94.8 cm³/mol. The van der Waals surface area contributed by atoms with Gasteiger partial charge in [-0.25, -0.2) is 0 Å². The average molecular weight is 327 g/mol. The molecule has 3 rings (SSSR count). The maximum atomic E-state index is 6.04. The van der Waals surface area contributed by atoms with Crippen molar-refractivity contribution in [2.45, 2.75) is 33.0 Å². The van der Waals surface area contributed by atoms with E-state index < -0.39 is 0 Å². The zero-order valence-electron chi connectivity index (χ0n) is 14.6. The lowest BCUT2D eigenvalue weighted by Crippen LogP contribution is -2.30. The first-order chi connectivity index (χ1) is 11.7. The molecule has 0 aliphatic carbocycles. The Bertz CT molecular complexity index is 686. The largest absolute Gasteiger partial charge is 0.493 e. The minimum absolute atomic E-state index is 0.165. The lowest BCUT2D eigenvalue weighted by molar-refractivity contribution is 0.156. The van der Waals surface area contributed by atoms with Gasteiger partial charge in [0.05, 0.1) is 13.7 Å². The van der Waals surface area contributed by atoms with E-state index >= 15 is 0 Å². The van der Waals surface area contributed by atoms with Crippen molar-refractivity contribution in [1.82, 2.24) is 4.90 Å². The molecule has 0 saturated heterocycles. The maximum absolute atomic E-state index is 6.04. The normalized spacial score (nSPS) is 17.5. The second-order valence-corrected chi connectivity index (χ2v) is 6.12. The molecule has 0 unspecified atom stereocenters. The van der Waals surface area contributed by atoms with Crippen LogP contribution in [0, 0.1) is 0 Å². The monoisotopic (exact) mass is 327 g/mol. The fraction of sp³-hybridized carbons (Fsp3) is 0.400. The summed E-state index contributed by atoms with van der Waals surface area (Å²) in [6, 6.07) is 14.4. The van der Waals surface area contributed by atoms with E-state index in [4.69, 9.17) is 14.2 Å². The first-order valence-electron chi connectivity index (χ1n) is 8.46. The zero-order chi connectivity index (χ0) is 16.9. The number of hydrogen-bond acceptors (Lipinski definition) is 4. The highest BCUT2D eigenvalue weighted by atomic mass is 16.5. The van der Waals surface area contributed by atoms with Crippen molar-refractivity contribution in [1.29, 1.82) is 0 Å². The summed E-state index contributed by atoms with van der Waals surface area (Å²) in [6.45, 7) is 7.36. The van der Waals surface area contributed by atoms with Gasteiger partial charge in [-0.05, 0) is 37.6 Å². The highest BCUT2D eigenvalue weighted by Crippen LogP contribution is 2.30. The quantitative estimate of drug-likeness (QED) is 0.834. The van der Waals surface area contributed by atoms with Crippen LogP contribution in [0.2, 0.25) is 0 Å². The van der Waals surface area contributed by atoms with Gasteiger partial charge in [-0.15, -0.1) is 0 Å². The number of benzene rings is 2. The summed E-state index contributed by atoms with van der Waals surface area (Å²) in [5, 5.41) is 0. The molecule has 128 valence electrons. The van der Waals surface area contributed by atoms with Gasteiger partial charge in [-0.3, -0.25) is 4.90 Å². The standard InChI is InChI=1S/C20H25NO3/c1-4-23-20-11-16(9-10-19(20)22-3)13-21-12-15(2)24-18-8-6-5-7-17(18)14-21/h5-11,15H,4,12-14H2,1-3H3/t15-/m1/s1. The second kappa shape index (κ2) is 7.58. The molecule has 4 nitrogen and oxygen atoms in total. The van der Waals surface area contributed by atoms with E-state index in [1.54, 1.807) is 7.11 Å². The summed E-state index contributed by atoms with van der Waals surface area (Å²) in [7, 11) is 1.67. The predicted octanol–water partition coefficient (Wildman–Crippen LogP) is 3.88. The Hall–Kier alpha value is -2.20. The molecule has 2 aromatic carbocycles. The van der Waals surface area contributed by atoms with E-state index in [1.807, 2.05) is 19.1 Å². The van der Waals surface area contributed by atoms with Crippen LogP contribution in [-0.4, -0.2) is 31.3 Å². The maximum Gasteiger partial charge on any atom is 0.161 e. The number of hydrogen-bond donors (Lipinski definition) is 0. The molecule has 0 spiro atoms. The lowest BCUT2D eigenvalue weighted by Gasteiger charge is -2.22. The molecular formula is C20H25NO3. The molecule has 1 heterocycles. The van der Waals surface area contributed by atoms with Gasteiger partial charge < -0.3 is 14.2 Å². The number of fused-ring (bicyclic) bond motifs is 1. The summed E-state index contributed by atoms with van der Waals surface area (Å²) >= 11 is 0. The lowest BCUT2D eigenvalue weighted by atomic mass is 10.1. The van der Waals surface area contributed by atoms with Crippen LogP contribution in [-0.2, 0) is 13.1 Å². The van der Waals surface area contributed by atoms with Crippen LogP contribution in [0.5, 0.6) is 17.2 Å². The minimum atomic E-state index is 0.165. The van der Waals surface area contributed by atoms with Crippen molar-refractivity contribution in [2.75, 3.05) is 20.3 Å². The molecule has 4 heteroatoms. The van der Waals surface area contributed by atoms with E-state index in [2.05, 4.69) is 42.2 Å². The van der Waals surface area contributed by atoms with Gasteiger partial charge in [-0.2, -0.15) is 0 Å². The molecule has 0 fully saturated rings. The highest BCUT2D eigenvalue weighted by molar-refractivity contribution is 5.43. The van der Waals surface area contributed by atoms with Crippen molar-refractivity contribution in [3.05, 3.63) is 53.6 Å².